The molecule has 2 N–H and O–H groups in total. The fourth-order valence-corrected chi connectivity index (χ4v) is 3.59. The molecule has 0 radical (unpaired) electrons. The zero-order chi connectivity index (χ0) is 31.7. The summed E-state index contributed by atoms with van der Waals surface area (Å²) >= 11 is 0. The van der Waals surface area contributed by atoms with E-state index in [1.54, 1.807) is 20.8 Å². The first kappa shape index (κ1) is 36.5. The molecule has 0 fully saturated rings. The van der Waals surface area contributed by atoms with Crippen molar-refractivity contribution in [1.82, 2.24) is 5.32 Å². The van der Waals surface area contributed by atoms with Crippen molar-refractivity contribution in [1.29, 1.82) is 0 Å². The van der Waals surface area contributed by atoms with Crippen molar-refractivity contribution in [3.05, 3.63) is 23.8 Å². The Kier molecular flexibility index (Phi) is 16.3. The molecule has 12 heteroatoms. The van der Waals surface area contributed by atoms with E-state index in [2.05, 4.69) is 5.32 Å². The summed E-state index contributed by atoms with van der Waals surface area (Å²) in [5.41, 5.74) is -1.96. The highest BCUT2D eigenvalue weighted by molar-refractivity contribution is 5.80. The maximum absolute atomic E-state index is 12.6. The molecule has 0 aliphatic rings. The molecule has 0 aromatic heterocycles. The zero-order valence-corrected chi connectivity index (χ0v) is 25.9. The van der Waals surface area contributed by atoms with Crippen LogP contribution < -0.4 is 14.8 Å². The third-order valence-corrected chi connectivity index (χ3v) is 6.13. The van der Waals surface area contributed by atoms with Gasteiger partial charge in [-0.15, -0.1) is 0 Å². The first-order valence-corrected chi connectivity index (χ1v) is 14.6. The molecule has 0 bridgehead atoms. The molecule has 0 amide bonds. The number of carbonyl (C=O) groups excluding carboxylic acids is 3. The summed E-state index contributed by atoms with van der Waals surface area (Å²) in [7, 11) is 0. The molecular formula is C30H47NO11. The molecule has 1 rings (SSSR count). The molecule has 0 saturated carbocycles. The molecule has 42 heavy (non-hydrogen) atoms. The van der Waals surface area contributed by atoms with Crippen molar-refractivity contribution in [2.75, 3.05) is 13.2 Å². The molecule has 12 nitrogen and oxygen atoms in total. The average Bonchev–Trinajstić information content (AvgIpc) is 2.90. The van der Waals surface area contributed by atoms with Crippen LogP contribution >= 0.6 is 0 Å². The Morgan fingerprint density at radius 2 is 1.36 bits per heavy atom. The SMILES string of the molecule is CCCCCOC(=O)Oc1ccc(C[C@](NC(C)C)(OC(=O)OC(C)C(C)C)C(=O)O)cc1OC(=O)OCCCCC. The van der Waals surface area contributed by atoms with Gasteiger partial charge >= 0.3 is 24.4 Å². The third kappa shape index (κ3) is 13.4. The highest BCUT2D eigenvalue weighted by atomic mass is 16.8. The Balaban J connectivity index is 3.31. The molecule has 1 unspecified atom stereocenters. The van der Waals surface area contributed by atoms with Crippen LogP contribution in [0, 0.1) is 5.92 Å². The van der Waals surface area contributed by atoms with Crippen LogP contribution in [-0.4, -0.2) is 60.6 Å². The predicted molar refractivity (Wildman–Crippen MR) is 154 cm³/mol. The molecule has 1 aromatic carbocycles. The lowest BCUT2D eigenvalue weighted by Crippen LogP contribution is -2.59. The third-order valence-electron chi connectivity index (χ3n) is 6.13. The van der Waals surface area contributed by atoms with E-state index in [4.69, 9.17) is 28.4 Å². The van der Waals surface area contributed by atoms with E-state index in [9.17, 15) is 24.3 Å². The molecule has 0 aliphatic carbocycles. The van der Waals surface area contributed by atoms with Gasteiger partial charge in [0.25, 0.3) is 5.72 Å². The van der Waals surface area contributed by atoms with Crippen molar-refractivity contribution < 1.29 is 52.7 Å². The molecule has 238 valence electrons. The van der Waals surface area contributed by atoms with Crippen molar-refractivity contribution in [2.45, 2.75) is 111 Å². The number of rotatable bonds is 18. The van der Waals surface area contributed by atoms with Crippen LogP contribution in [0.5, 0.6) is 11.5 Å². The largest absolute Gasteiger partial charge is 0.513 e. The van der Waals surface area contributed by atoms with Crippen LogP contribution in [0.3, 0.4) is 0 Å². The second-order valence-corrected chi connectivity index (χ2v) is 10.6. The Bertz CT molecular complexity index is 1010. The Morgan fingerprint density at radius 1 is 0.810 bits per heavy atom. The van der Waals surface area contributed by atoms with E-state index in [-0.39, 0.29) is 36.2 Å². The minimum Gasteiger partial charge on any atom is -0.477 e. The maximum Gasteiger partial charge on any atom is 0.513 e. The molecule has 0 saturated heterocycles. The standard InChI is InChI=1S/C30H47NO11/c1-8-10-12-16-37-27(34)40-24-15-14-23(18-25(24)41-28(35)38-17-13-11-9-2)19-30(26(32)33,31-21(5)6)42-29(36)39-22(7)20(3)4/h14-15,18,20-22,31H,8-13,16-17,19H2,1-7H3,(H,32,33)/t22?,30-/m0/s1. The second-order valence-electron chi connectivity index (χ2n) is 10.6. The lowest BCUT2D eigenvalue weighted by molar-refractivity contribution is -0.168. The molecule has 0 aliphatic heterocycles. The van der Waals surface area contributed by atoms with Crippen LogP contribution in [0.25, 0.3) is 0 Å². The Labute approximate surface area is 248 Å². The number of nitrogens with one attached hydrogen (secondary N) is 1. The molecular weight excluding hydrogens is 550 g/mol. The summed E-state index contributed by atoms with van der Waals surface area (Å²) in [6.45, 7) is 13.0. The van der Waals surface area contributed by atoms with Crippen molar-refractivity contribution in [3.63, 3.8) is 0 Å². The van der Waals surface area contributed by atoms with Gasteiger partial charge < -0.3 is 33.5 Å². The van der Waals surface area contributed by atoms with Gasteiger partial charge in [0.1, 0.15) is 6.10 Å². The zero-order valence-electron chi connectivity index (χ0n) is 25.9. The van der Waals surface area contributed by atoms with E-state index in [0.717, 1.165) is 25.7 Å². The van der Waals surface area contributed by atoms with Crippen LogP contribution in [0.1, 0.15) is 92.6 Å². The van der Waals surface area contributed by atoms with Crippen LogP contribution in [0.4, 0.5) is 14.4 Å². The number of carboxylic acid groups (broad SMARTS) is 1. The van der Waals surface area contributed by atoms with E-state index in [1.165, 1.54) is 18.2 Å². The van der Waals surface area contributed by atoms with Gasteiger partial charge in [0, 0.05) is 12.5 Å². The molecule has 1 aromatic rings. The summed E-state index contributed by atoms with van der Waals surface area (Å²) in [6.07, 6.45) is 0.815. The van der Waals surface area contributed by atoms with E-state index < -0.39 is 48.7 Å². The van der Waals surface area contributed by atoms with Gasteiger partial charge in [-0.2, -0.15) is 0 Å². The summed E-state index contributed by atoms with van der Waals surface area (Å²) in [6, 6.07) is 3.65. The number of ether oxygens (including phenoxy) is 6. The average molecular weight is 598 g/mol. The first-order valence-electron chi connectivity index (χ1n) is 14.6. The highest BCUT2D eigenvalue weighted by Gasteiger charge is 2.44. The van der Waals surface area contributed by atoms with E-state index in [0.29, 0.717) is 12.8 Å². The number of hydrogen-bond donors (Lipinski definition) is 2. The number of carbonyl (C=O) groups is 4. The fraction of sp³-hybridized carbons (Fsp3) is 0.667. The predicted octanol–water partition coefficient (Wildman–Crippen LogP) is 6.62. The second kappa shape index (κ2) is 18.8. The van der Waals surface area contributed by atoms with Crippen molar-refractivity contribution in [3.8, 4) is 11.5 Å². The number of aliphatic carboxylic acids is 1. The van der Waals surface area contributed by atoms with Crippen LogP contribution in [-0.2, 0) is 30.2 Å². The molecule has 2 atom stereocenters. The fourth-order valence-electron chi connectivity index (χ4n) is 3.59. The smallest absolute Gasteiger partial charge is 0.477 e. The number of unbranched alkanes of at least 4 members (excludes halogenated alkanes) is 4. The van der Waals surface area contributed by atoms with Gasteiger partial charge in [0.05, 0.1) is 13.2 Å². The molecule has 0 spiro atoms. The lowest BCUT2D eigenvalue weighted by Gasteiger charge is -2.32. The first-order chi connectivity index (χ1) is 19.8. The van der Waals surface area contributed by atoms with Gasteiger partial charge in [0.2, 0.25) is 0 Å². The number of benzene rings is 1. The monoisotopic (exact) mass is 597 g/mol. The van der Waals surface area contributed by atoms with E-state index in [1.807, 2.05) is 27.7 Å². The topological polar surface area (TPSA) is 156 Å². The molecule has 0 heterocycles. The lowest BCUT2D eigenvalue weighted by atomic mass is 10.0. The summed E-state index contributed by atoms with van der Waals surface area (Å²) < 4.78 is 31.4. The Hall–Kier alpha value is -3.54. The van der Waals surface area contributed by atoms with Gasteiger partial charge in [-0.25, -0.2) is 19.2 Å². The number of hydrogen-bond acceptors (Lipinski definition) is 11. The summed E-state index contributed by atoms with van der Waals surface area (Å²) in [5.74, 6) is -1.85. The van der Waals surface area contributed by atoms with Crippen molar-refractivity contribution >= 4 is 24.4 Å². The van der Waals surface area contributed by atoms with Crippen molar-refractivity contribution in [2.24, 2.45) is 5.92 Å². The van der Waals surface area contributed by atoms with Gasteiger partial charge in [-0.05, 0) is 57.2 Å². The van der Waals surface area contributed by atoms with Crippen LogP contribution in [0.15, 0.2) is 18.2 Å². The maximum atomic E-state index is 12.6. The summed E-state index contributed by atoms with van der Waals surface area (Å²) in [5, 5.41) is 13.0. The minimum absolute atomic E-state index is 0.0258. The number of carboxylic acids is 1. The minimum atomic E-state index is -2.24. The highest BCUT2D eigenvalue weighted by Crippen LogP contribution is 2.31. The van der Waals surface area contributed by atoms with Gasteiger partial charge in [-0.1, -0.05) is 59.4 Å². The summed E-state index contributed by atoms with van der Waals surface area (Å²) in [4.78, 5) is 49.8. The van der Waals surface area contributed by atoms with Crippen LogP contribution in [0.2, 0.25) is 0 Å². The van der Waals surface area contributed by atoms with Gasteiger partial charge in [0.15, 0.2) is 11.5 Å². The van der Waals surface area contributed by atoms with Gasteiger partial charge in [-0.3, -0.25) is 5.32 Å². The quantitative estimate of drug-likeness (QED) is 0.0614. The Morgan fingerprint density at radius 3 is 1.83 bits per heavy atom. The normalized spacial score (nSPS) is 13.2. The van der Waals surface area contributed by atoms with E-state index >= 15 is 0 Å².